The zero-order valence-corrected chi connectivity index (χ0v) is 13.8. The predicted molar refractivity (Wildman–Crippen MR) is 88.5 cm³/mol. The molecule has 2 heterocycles. The summed E-state index contributed by atoms with van der Waals surface area (Å²) < 4.78 is 13.0. The van der Waals surface area contributed by atoms with E-state index in [-0.39, 0.29) is 11.8 Å². The van der Waals surface area contributed by atoms with Crippen molar-refractivity contribution in [3.8, 4) is 11.6 Å². The lowest BCUT2D eigenvalue weighted by Gasteiger charge is -2.00. The summed E-state index contributed by atoms with van der Waals surface area (Å²) in [5.41, 5.74) is 1.18. The summed E-state index contributed by atoms with van der Waals surface area (Å²) in [6.07, 6.45) is 1.61. The number of anilines is 1. The Morgan fingerprint density at radius 1 is 1.43 bits per heavy atom. The van der Waals surface area contributed by atoms with Gasteiger partial charge < -0.3 is 9.47 Å². The lowest BCUT2D eigenvalue weighted by Crippen LogP contribution is -2.12. The van der Waals surface area contributed by atoms with Crippen molar-refractivity contribution >= 4 is 32.6 Å². The Labute approximate surface area is 136 Å². The topological polar surface area (TPSA) is 78.3 Å². The highest BCUT2D eigenvalue weighted by molar-refractivity contribution is 7.22. The van der Waals surface area contributed by atoms with Crippen LogP contribution in [0.15, 0.2) is 24.4 Å². The Balaban J connectivity index is 1.84. The molecule has 1 N–H and O–H groups in total. The molecule has 2 aromatic heterocycles. The molecule has 0 aliphatic carbocycles. The fraction of sp³-hybridized carbons (Fsp3) is 0.267. The summed E-state index contributed by atoms with van der Waals surface area (Å²) in [6.45, 7) is 2.54. The first kappa shape index (κ1) is 15.3. The highest BCUT2D eigenvalue weighted by atomic mass is 32.1. The first-order valence-electron chi connectivity index (χ1n) is 7.03. The van der Waals surface area contributed by atoms with Gasteiger partial charge in [0.1, 0.15) is 11.3 Å². The number of rotatable bonds is 5. The van der Waals surface area contributed by atoms with Gasteiger partial charge in [0.05, 0.1) is 23.9 Å². The van der Waals surface area contributed by atoms with E-state index in [4.69, 9.17) is 9.47 Å². The molecule has 0 unspecified atom stereocenters. The van der Waals surface area contributed by atoms with E-state index in [1.54, 1.807) is 13.2 Å². The molecule has 0 fully saturated rings. The van der Waals surface area contributed by atoms with Gasteiger partial charge in [-0.2, -0.15) is 0 Å². The summed E-state index contributed by atoms with van der Waals surface area (Å²) >= 11 is 1.39. The number of fused-ring (bicyclic) bond motifs is 1. The second kappa shape index (κ2) is 6.25. The summed E-state index contributed by atoms with van der Waals surface area (Å²) in [5.74, 6) is 0.763. The van der Waals surface area contributed by atoms with Gasteiger partial charge in [0, 0.05) is 13.2 Å². The Bertz CT molecular complexity index is 856. The number of aryl methyl sites for hydroxylation is 1. The molecule has 8 heteroatoms. The number of amides is 1. The molecule has 3 aromatic rings. The van der Waals surface area contributed by atoms with Crippen LogP contribution in [-0.4, -0.2) is 34.4 Å². The van der Waals surface area contributed by atoms with Crippen molar-refractivity contribution in [1.29, 1.82) is 0 Å². The molecule has 120 valence electrons. The van der Waals surface area contributed by atoms with Crippen molar-refractivity contribution in [2.45, 2.75) is 6.92 Å². The average Bonchev–Trinajstić information content (AvgIpc) is 3.09. The van der Waals surface area contributed by atoms with Gasteiger partial charge >= 0.3 is 0 Å². The number of hydrogen-bond donors (Lipinski definition) is 1. The highest BCUT2D eigenvalue weighted by Crippen LogP contribution is 2.30. The Kier molecular flexibility index (Phi) is 4.16. The molecule has 7 nitrogen and oxygen atoms in total. The minimum absolute atomic E-state index is 0.282. The zero-order valence-electron chi connectivity index (χ0n) is 13.0. The number of thiazole rings is 1. The van der Waals surface area contributed by atoms with Crippen molar-refractivity contribution in [1.82, 2.24) is 14.8 Å². The van der Waals surface area contributed by atoms with Gasteiger partial charge in [-0.15, -0.1) is 5.10 Å². The van der Waals surface area contributed by atoms with Gasteiger partial charge in [-0.05, 0) is 25.1 Å². The van der Waals surface area contributed by atoms with Gasteiger partial charge in [-0.3, -0.25) is 14.8 Å². The maximum atomic E-state index is 12.4. The first-order valence-corrected chi connectivity index (χ1v) is 7.84. The van der Waals surface area contributed by atoms with Crippen LogP contribution in [0.5, 0.6) is 11.6 Å². The molecule has 0 spiro atoms. The number of carbonyl (C=O) groups excluding carboxylic acids is 1. The fourth-order valence-corrected chi connectivity index (χ4v) is 3.04. The first-order chi connectivity index (χ1) is 11.1. The second-order valence-electron chi connectivity index (χ2n) is 4.76. The van der Waals surface area contributed by atoms with E-state index in [1.165, 1.54) is 23.1 Å². The third-order valence-electron chi connectivity index (χ3n) is 3.12. The van der Waals surface area contributed by atoms with E-state index in [1.807, 2.05) is 25.1 Å². The molecular weight excluding hydrogens is 316 g/mol. The molecule has 0 aliphatic rings. The summed E-state index contributed by atoms with van der Waals surface area (Å²) in [7, 11) is 3.21. The molecule has 0 aliphatic heterocycles. The smallest absolute Gasteiger partial charge is 0.264 e. The van der Waals surface area contributed by atoms with Crippen LogP contribution in [0.4, 0.5) is 5.13 Å². The van der Waals surface area contributed by atoms with Crippen molar-refractivity contribution in [3.05, 3.63) is 30.0 Å². The summed E-state index contributed by atoms with van der Waals surface area (Å²) in [6, 6.07) is 5.65. The van der Waals surface area contributed by atoms with Gasteiger partial charge in [-0.1, -0.05) is 11.3 Å². The quantitative estimate of drug-likeness (QED) is 0.777. The monoisotopic (exact) mass is 332 g/mol. The molecule has 1 aromatic carbocycles. The number of benzene rings is 1. The van der Waals surface area contributed by atoms with E-state index >= 15 is 0 Å². The van der Waals surface area contributed by atoms with Crippen LogP contribution in [-0.2, 0) is 7.05 Å². The number of aromatic nitrogens is 3. The van der Waals surface area contributed by atoms with Crippen molar-refractivity contribution < 1.29 is 14.3 Å². The minimum atomic E-state index is -0.306. The van der Waals surface area contributed by atoms with Crippen LogP contribution in [0.3, 0.4) is 0 Å². The standard InChI is InChI=1S/C15H16N4O3S/c1-4-22-9-5-6-11-12(7-9)23-15(16-11)17-13(20)10-8-19(2)18-14(10)21-3/h5-8H,4H2,1-3H3,(H,16,17,20). The molecule has 0 bridgehead atoms. The molecule has 0 saturated carbocycles. The van der Waals surface area contributed by atoms with E-state index < -0.39 is 0 Å². The lowest BCUT2D eigenvalue weighted by atomic mass is 10.3. The largest absolute Gasteiger partial charge is 0.494 e. The van der Waals surface area contributed by atoms with E-state index in [2.05, 4.69) is 15.4 Å². The molecule has 0 saturated heterocycles. The van der Waals surface area contributed by atoms with Gasteiger partial charge in [0.25, 0.3) is 5.91 Å². The average molecular weight is 332 g/mol. The number of nitrogens with zero attached hydrogens (tertiary/aromatic N) is 3. The van der Waals surface area contributed by atoms with Crippen molar-refractivity contribution in [2.75, 3.05) is 19.0 Å². The molecule has 23 heavy (non-hydrogen) atoms. The molecule has 1 amide bonds. The van der Waals surface area contributed by atoms with Crippen LogP contribution >= 0.6 is 11.3 Å². The lowest BCUT2D eigenvalue weighted by molar-refractivity contribution is 0.102. The predicted octanol–water partition coefficient (Wildman–Crippen LogP) is 2.69. The molecule has 0 radical (unpaired) electrons. The molecule has 0 atom stereocenters. The zero-order chi connectivity index (χ0) is 16.4. The van der Waals surface area contributed by atoms with Gasteiger partial charge in [0.2, 0.25) is 5.88 Å². The van der Waals surface area contributed by atoms with Crippen LogP contribution in [0.25, 0.3) is 10.2 Å². The van der Waals surface area contributed by atoms with Crippen LogP contribution in [0.1, 0.15) is 17.3 Å². The van der Waals surface area contributed by atoms with Crippen LogP contribution < -0.4 is 14.8 Å². The number of hydrogen-bond acceptors (Lipinski definition) is 6. The van der Waals surface area contributed by atoms with E-state index in [9.17, 15) is 4.79 Å². The van der Waals surface area contributed by atoms with Crippen LogP contribution in [0, 0.1) is 0 Å². The fourth-order valence-electron chi connectivity index (χ4n) is 2.15. The Morgan fingerprint density at radius 3 is 3.00 bits per heavy atom. The highest BCUT2D eigenvalue weighted by Gasteiger charge is 2.18. The summed E-state index contributed by atoms with van der Waals surface area (Å²) in [5, 5.41) is 7.37. The van der Waals surface area contributed by atoms with E-state index in [0.717, 1.165) is 16.0 Å². The number of methoxy groups -OCH3 is 1. The second-order valence-corrected chi connectivity index (χ2v) is 5.79. The Hall–Kier alpha value is -2.61. The van der Waals surface area contributed by atoms with Crippen molar-refractivity contribution in [3.63, 3.8) is 0 Å². The minimum Gasteiger partial charge on any atom is -0.494 e. The van der Waals surface area contributed by atoms with Gasteiger partial charge in [-0.25, -0.2) is 4.98 Å². The maximum Gasteiger partial charge on any atom is 0.264 e. The molecule has 3 rings (SSSR count). The number of ether oxygens (including phenoxy) is 2. The Morgan fingerprint density at radius 2 is 2.26 bits per heavy atom. The number of carbonyl (C=O) groups is 1. The maximum absolute atomic E-state index is 12.4. The SMILES string of the molecule is CCOc1ccc2nc(NC(=O)c3cn(C)nc3OC)sc2c1. The molecular formula is C15H16N4O3S. The van der Waals surface area contributed by atoms with Crippen molar-refractivity contribution in [2.24, 2.45) is 7.05 Å². The third kappa shape index (κ3) is 3.11. The summed E-state index contributed by atoms with van der Waals surface area (Å²) in [4.78, 5) is 16.8. The van der Waals surface area contributed by atoms with Crippen LogP contribution in [0.2, 0.25) is 0 Å². The third-order valence-corrected chi connectivity index (χ3v) is 4.06. The van der Waals surface area contributed by atoms with E-state index in [0.29, 0.717) is 17.3 Å². The normalized spacial score (nSPS) is 10.7. The van der Waals surface area contributed by atoms with Gasteiger partial charge in [0.15, 0.2) is 5.13 Å². The number of nitrogens with one attached hydrogen (secondary N) is 1.